The van der Waals surface area contributed by atoms with Gasteiger partial charge in [-0.2, -0.15) is 0 Å². The van der Waals surface area contributed by atoms with Crippen molar-refractivity contribution in [3.63, 3.8) is 0 Å². The van der Waals surface area contributed by atoms with Gasteiger partial charge in [-0.3, -0.25) is 9.59 Å². The number of rotatable bonds is 4. The number of fused-ring (bicyclic) bond motifs is 1. The molecule has 0 spiro atoms. The van der Waals surface area contributed by atoms with E-state index in [2.05, 4.69) is 15.6 Å². The maximum atomic E-state index is 13.2. The van der Waals surface area contributed by atoms with Crippen LogP contribution in [0.2, 0.25) is 0 Å². The zero-order valence-electron chi connectivity index (χ0n) is 13.3. The summed E-state index contributed by atoms with van der Waals surface area (Å²) in [6.07, 6.45) is 2.07. The number of halogens is 1. The van der Waals surface area contributed by atoms with E-state index in [4.69, 9.17) is 0 Å². The summed E-state index contributed by atoms with van der Waals surface area (Å²) in [6, 6.07) is 12.9. The molecule has 1 aromatic heterocycles. The number of aromatic nitrogens is 1. The molecule has 1 aliphatic carbocycles. The predicted octanol–water partition coefficient (Wildman–Crippen LogP) is 3.45. The third-order valence-electron chi connectivity index (χ3n) is 4.14. The number of aromatic amines is 1. The van der Waals surface area contributed by atoms with Crippen LogP contribution < -0.4 is 10.6 Å². The zero-order chi connectivity index (χ0) is 17.4. The van der Waals surface area contributed by atoms with Crippen molar-refractivity contribution in [3.8, 4) is 0 Å². The van der Waals surface area contributed by atoms with Crippen molar-refractivity contribution in [1.82, 2.24) is 10.3 Å². The maximum absolute atomic E-state index is 13.2. The van der Waals surface area contributed by atoms with Gasteiger partial charge in [0, 0.05) is 28.2 Å². The Morgan fingerprint density at radius 2 is 1.76 bits per heavy atom. The Kier molecular flexibility index (Phi) is 3.72. The van der Waals surface area contributed by atoms with Gasteiger partial charge in [0.1, 0.15) is 11.5 Å². The van der Waals surface area contributed by atoms with Crippen LogP contribution in [0.4, 0.5) is 10.1 Å². The summed E-state index contributed by atoms with van der Waals surface area (Å²) >= 11 is 0. The molecule has 1 saturated carbocycles. The van der Waals surface area contributed by atoms with Crippen LogP contribution in [0.3, 0.4) is 0 Å². The highest BCUT2D eigenvalue weighted by Crippen LogP contribution is 2.20. The van der Waals surface area contributed by atoms with E-state index in [1.807, 2.05) is 0 Å². The first-order chi connectivity index (χ1) is 12.1. The Hall–Kier alpha value is -3.15. The number of anilines is 1. The molecule has 0 radical (unpaired) electrons. The lowest BCUT2D eigenvalue weighted by atomic mass is 10.2. The second-order valence-corrected chi connectivity index (χ2v) is 6.19. The molecule has 0 unspecified atom stereocenters. The monoisotopic (exact) mass is 337 g/mol. The number of nitrogens with one attached hydrogen (secondary N) is 3. The van der Waals surface area contributed by atoms with Gasteiger partial charge in [0.15, 0.2) is 0 Å². The van der Waals surface area contributed by atoms with E-state index in [1.165, 1.54) is 12.1 Å². The smallest absolute Gasteiger partial charge is 0.272 e. The average Bonchev–Trinajstić information content (AvgIpc) is 3.31. The first-order valence-electron chi connectivity index (χ1n) is 8.09. The molecule has 126 valence electrons. The lowest BCUT2D eigenvalue weighted by Gasteiger charge is -2.06. The molecule has 0 bridgehead atoms. The molecule has 0 aliphatic heterocycles. The van der Waals surface area contributed by atoms with Crippen molar-refractivity contribution >= 4 is 28.4 Å². The third kappa shape index (κ3) is 3.38. The zero-order valence-corrected chi connectivity index (χ0v) is 13.3. The highest BCUT2D eigenvalue weighted by molar-refractivity contribution is 6.06. The van der Waals surface area contributed by atoms with Crippen molar-refractivity contribution in [2.24, 2.45) is 0 Å². The van der Waals surface area contributed by atoms with Crippen LogP contribution in [-0.4, -0.2) is 22.8 Å². The minimum absolute atomic E-state index is 0.0991. The number of carbonyl (C=O) groups is 2. The molecular weight excluding hydrogens is 321 g/mol. The third-order valence-corrected chi connectivity index (χ3v) is 4.14. The van der Waals surface area contributed by atoms with Crippen LogP contribution in [0.15, 0.2) is 48.5 Å². The van der Waals surface area contributed by atoms with Gasteiger partial charge in [-0.05, 0) is 61.4 Å². The minimum atomic E-state index is -0.349. The summed E-state index contributed by atoms with van der Waals surface area (Å²) in [7, 11) is 0. The quantitative estimate of drug-likeness (QED) is 0.682. The predicted molar refractivity (Wildman–Crippen MR) is 93.1 cm³/mol. The van der Waals surface area contributed by atoms with Gasteiger partial charge in [0.2, 0.25) is 0 Å². The van der Waals surface area contributed by atoms with Crippen LogP contribution in [0, 0.1) is 5.82 Å². The lowest BCUT2D eigenvalue weighted by Crippen LogP contribution is -2.25. The number of hydrogen-bond donors (Lipinski definition) is 3. The normalized spacial score (nSPS) is 13.6. The van der Waals surface area contributed by atoms with E-state index in [1.54, 1.807) is 36.4 Å². The number of hydrogen-bond acceptors (Lipinski definition) is 2. The second-order valence-electron chi connectivity index (χ2n) is 6.19. The van der Waals surface area contributed by atoms with Gasteiger partial charge in [-0.15, -0.1) is 0 Å². The highest BCUT2D eigenvalue weighted by atomic mass is 19.1. The number of benzene rings is 2. The summed E-state index contributed by atoms with van der Waals surface area (Å²) in [5.74, 6) is -0.775. The fourth-order valence-electron chi connectivity index (χ4n) is 2.63. The van der Waals surface area contributed by atoms with Crippen molar-refractivity contribution < 1.29 is 14.0 Å². The first kappa shape index (κ1) is 15.4. The van der Waals surface area contributed by atoms with E-state index in [-0.39, 0.29) is 17.6 Å². The molecule has 3 aromatic rings. The van der Waals surface area contributed by atoms with Crippen LogP contribution >= 0.6 is 0 Å². The SMILES string of the molecule is O=C(NC1CC1)c1ccc(NC(=O)c2cc3cc(F)ccc3[nH]2)cc1. The molecule has 6 heteroatoms. The first-order valence-corrected chi connectivity index (χ1v) is 8.09. The van der Waals surface area contributed by atoms with Gasteiger partial charge in [0.25, 0.3) is 11.8 Å². The van der Waals surface area contributed by atoms with Crippen LogP contribution in [0.25, 0.3) is 10.9 Å². The Morgan fingerprint density at radius 3 is 2.48 bits per heavy atom. The maximum Gasteiger partial charge on any atom is 0.272 e. The van der Waals surface area contributed by atoms with E-state index in [0.717, 1.165) is 12.8 Å². The fraction of sp³-hybridized carbons (Fsp3) is 0.158. The Labute approximate surface area is 143 Å². The largest absolute Gasteiger partial charge is 0.351 e. The average molecular weight is 337 g/mol. The fourth-order valence-corrected chi connectivity index (χ4v) is 2.63. The van der Waals surface area contributed by atoms with Crippen molar-refractivity contribution in [2.75, 3.05) is 5.32 Å². The number of H-pyrrole nitrogens is 1. The van der Waals surface area contributed by atoms with Crippen LogP contribution in [0.5, 0.6) is 0 Å². The van der Waals surface area contributed by atoms with Crippen molar-refractivity contribution in [3.05, 3.63) is 65.6 Å². The highest BCUT2D eigenvalue weighted by Gasteiger charge is 2.23. The Morgan fingerprint density at radius 1 is 1.00 bits per heavy atom. The van der Waals surface area contributed by atoms with Gasteiger partial charge < -0.3 is 15.6 Å². The summed E-state index contributed by atoms with van der Waals surface area (Å²) in [5, 5.41) is 6.31. The summed E-state index contributed by atoms with van der Waals surface area (Å²) in [5.41, 5.74) is 2.18. The Balaban J connectivity index is 1.46. The standard InChI is InChI=1S/C19H16FN3O2/c20-13-3-8-16-12(9-13)10-17(23-16)19(25)22-14-4-1-11(2-5-14)18(24)21-15-6-7-15/h1-5,8-10,15,23H,6-7H2,(H,21,24)(H,22,25). The Bertz CT molecular complexity index is 958. The number of amides is 2. The van der Waals surface area contributed by atoms with Crippen LogP contribution in [-0.2, 0) is 0 Å². The van der Waals surface area contributed by atoms with Gasteiger partial charge in [-0.25, -0.2) is 4.39 Å². The molecule has 0 saturated heterocycles. The van der Waals surface area contributed by atoms with Gasteiger partial charge >= 0.3 is 0 Å². The van der Waals surface area contributed by atoms with E-state index >= 15 is 0 Å². The molecule has 5 nitrogen and oxygen atoms in total. The molecule has 2 aromatic carbocycles. The molecule has 1 heterocycles. The van der Waals surface area contributed by atoms with E-state index in [9.17, 15) is 14.0 Å². The molecule has 25 heavy (non-hydrogen) atoms. The second kappa shape index (κ2) is 6.05. The topological polar surface area (TPSA) is 74.0 Å². The summed E-state index contributed by atoms with van der Waals surface area (Å²) < 4.78 is 13.2. The lowest BCUT2D eigenvalue weighted by molar-refractivity contribution is 0.0950. The molecule has 0 atom stereocenters. The molecule has 2 amide bonds. The van der Waals surface area contributed by atoms with Crippen molar-refractivity contribution in [2.45, 2.75) is 18.9 Å². The van der Waals surface area contributed by atoms with Gasteiger partial charge in [0.05, 0.1) is 0 Å². The molecule has 1 aliphatic rings. The molecule has 4 rings (SSSR count). The molecule has 1 fully saturated rings. The van der Waals surface area contributed by atoms with Crippen molar-refractivity contribution in [1.29, 1.82) is 0 Å². The van der Waals surface area contributed by atoms with E-state index < -0.39 is 0 Å². The van der Waals surface area contributed by atoms with Crippen LogP contribution in [0.1, 0.15) is 33.7 Å². The van der Waals surface area contributed by atoms with E-state index in [0.29, 0.717) is 33.9 Å². The summed E-state index contributed by atoms with van der Waals surface area (Å²) in [6.45, 7) is 0. The molecule has 3 N–H and O–H groups in total. The molecular formula is C19H16FN3O2. The van der Waals surface area contributed by atoms with Gasteiger partial charge in [-0.1, -0.05) is 0 Å². The minimum Gasteiger partial charge on any atom is -0.351 e. The summed E-state index contributed by atoms with van der Waals surface area (Å²) in [4.78, 5) is 27.2. The number of carbonyl (C=O) groups excluding carboxylic acids is 2.